The van der Waals surface area contributed by atoms with E-state index in [9.17, 15) is 13.2 Å². The molecule has 19 heavy (non-hydrogen) atoms. The highest BCUT2D eigenvalue weighted by molar-refractivity contribution is 4.81. The Kier molecular flexibility index (Phi) is 12.2. The summed E-state index contributed by atoms with van der Waals surface area (Å²) in [4.78, 5) is 0. The third kappa shape index (κ3) is 17.5. The van der Waals surface area contributed by atoms with Gasteiger partial charge in [0, 0.05) is 6.42 Å². The highest BCUT2D eigenvalue weighted by Crippen LogP contribution is 2.23. The van der Waals surface area contributed by atoms with Gasteiger partial charge in [0.15, 0.2) is 0 Å². The van der Waals surface area contributed by atoms with Crippen molar-refractivity contribution in [2.45, 2.75) is 83.2 Å². The summed E-state index contributed by atoms with van der Waals surface area (Å²) in [6.07, 6.45) is 10.8. The molecule has 0 unspecified atom stereocenters. The molecule has 0 bridgehead atoms. The van der Waals surface area contributed by atoms with Crippen molar-refractivity contribution in [3.8, 4) is 0 Å². The third-order valence-corrected chi connectivity index (χ3v) is 3.12. The fourth-order valence-corrected chi connectivity index (χ4v) is 1.97. The van der Waals surface area contributed by atoms with Crippen molar-refractivity contribution in [3.05, 3.63) is 19.1 Å². The molecule has 0 heterocycles. The van der Waals surface area contributed by atoms with E-state index >= 15 is 0 Å². The van der Waals surface area contributed by atoms with E-state index in [1.165, 1.54) is 19.3 Å². The number of unbranched alkanes of at least 4 members (excludes halogenated alkanes) is 9. The second-order valence-electron chi connectivity index (χ2n) is 5.10. The fraction of sp³-hybridized carbons (Fsp3) is 0.812. The zero-order chi connectivity index (χ0) is 14.4. The summed E-state index contributed by atoms with van der Waals surface area (Å²) in [7, 11) is 0. The van der Waals surface area contributed by atoms with Crippen molar-refractivity contribution < 1.29 is 13.2 Å². The minimum atomic E-state index is -3.98. The van der Waals surface area contributed by atoms with Gasteiger partial charge in [-0.2, -0.15) is 13.2 Å². The molecule has 0 aliphatic heterocycles. The van der Waals surface area contributed by atoms with Gasteiger partial charge in [-0.3, -0.25) is 0 Å². The Morgan fingerprint density at radius 1 is 0.684 bits per heavy atom. The Hall–Kier alpha value is -0.470. The van der Waals surface area contributed by atoms with Crippen LogP contribution in [0.2, 0.25) is 0 Å². The molecule has 0 saturated heterocycles. The maximum atomic E-state index is 11.9. The van der Waals surface area contributed by atoms with Crippen molar-refractivity contribution in [1.29, 1.82) is 0 Å². The number of alkyl halides is 3. The largest absolute Gasteiger partial charge is 0.389 e. The molecule has 0 rings (SSSR count). The van der Waals surface area contributed by atoms with Gasteiger partial charge < -0.3 is 0 Å². The molecular weight excluding hydrogens is 249 g/mol. The average Bonchev–Trinajstić information content (AvgIpc) is 2.34. The maximum Gasteiger partial charge on any atom is 0.389 e. The number of hydrogen-bond acceptors (Lipinski definition) is 0. The normalized spacial score (nSPS) is 12.4. The van der Waals surface area contributed by atoms with Gasteiger partial charge >= 0.3 is 6.18 Å². The van der Waals surface area contributed by atoms with Gasteiger partial charge in [0.25, 0.3) is 0 Å². The Bertz CT molecular complexity index is 207. The Balaban J connectivity index is 3.12. The van der Waals surface area contributed by atoms with Crippen molar-refractivity contribution >= 4 is 0 Å². The summed E-state index contributed by atoms with van der Waals surface area (Å²) in [6.45, 7) is 3.81. The predicted octanol–water partition coefficient (Wildman–Crippen LogP) is 6.62. The standard InChI is InChI=1S/C16H28F3/c1-2-3-4-5-6-7-8-9-10-11-12-13-14-15-16(17,18)19/h7-8H,1-6,9-15H2/b8-7+. The van der Waals surface area contributed by atoms with Gasteiger partial charge in [0.05, 0.1) is 0 Å². The second-order valence-corrected chi connectivity index (χ2v) is 5.10. The molecule has 113 valence electrons. The van der Waals surface area contributed by atoms with Crippen LogP contribution in [0.15, 0.2) is 12.2 Å². The first-order valence-corrected chi connectivity index (χ1v) is 7.57. The monoisotopic (exact) mass is 277 g/mol. The smallest absolute Gasteiger partial charge is 0.171 e. The van der Waals surface area contributed by atoms with Crippen LogP contribution in [0.3, 0.4) is 0 Å². The highest BCUT2D eigenvalue weighted by atomic mass is 19.4. The molecule has 0 amide bonds. The Morgan fingerprint density at radius 2 is 1.16 bits per heavy atom. The number of hydrogen-bond donors (Lipinski definition) is 0. The van der Waals surface area contributed by atoms with Gasteiger partial charge in [-0.15, -0.1) is 0 Å². The van der Waals surface area contributed by atoms with E-state index in [0.29, 0.717) is 6.42 Å². The summed E-state index contributed by atoms with van der Waals surface area (Å²) >= 11 is 0. The molecule has 0 aromatic heterocycles. The summed E-state index contributed by atoms with van der Waals surface area (Å²) in [5.74, 6) is 0. The molecule has 3 heteroatoms. The lowest BCUT2D eigenvalue weighted by Crippen LogP contribution is -2.06. The average molecular weight is 277 g/mol. The van der Waals surface area contributed by atoms with Crippen molar-refractivity contribution in [2.24, 2.45) is 0 Å². The molecule has 0 aromatic carbocycles. The van der Waals surface area contributed by atoms with Gasteiger partial charge in [-0.05, 0) is 32.1 Å². The van der Waals surface area contributed by atoms with Crippen LogP contribution in [0.1, 0.15) is 77.0 Å². The molecule has 0 atom stereocenters. The van der Waals surface area contributed by atoms with Crippen LogP contribution >= 0.6 is 0 Å². The lowest BCUT2D eigenvalue weighted by molar-refractivity contribution is -0.135. The predicted molar refractivity (Wildman–Crippen MR) is 76.0 cm³/mol. The first-order valence-electron chi connectivity index (χ1n) is 7.57. The molecule has 0 aliphatic carbocycles. The lowest BCUT2D eigenvalue weighted by atomic mass is 10.1. The van der Waals surface area contributed by atoms with Crippen LogP contribution in [0.4, 0.5) is 13.2 Å². The third-order valence-electron chi connectivity index (χ3n) is 3.12. The van der Waals surface area contributed by atoms with E-state index in [1.807, 2.05) is 0 Å². The molecular formula is C16H28F3. The van der Waals surface area contributed by atoms with Crippen LogP contribution in [0.25, 0.3) is 0 Å². The number of halogens is 3. The second kappa shape index (κ2) is 12.6. The van der Waals surface area contributed by atoms with Crippen LogP contribution in [-0.2, 0) is 0 Å². The van der Waals surface area contributed by atoms with Crippen LogP contribution < -0.4 is 0 Å². The topological polar surface area (TPSA) is 0 Å². The Labute approximate surface area is 116 Å². The van der Waals surface area contributed by atoms with E-state index in [0.717, 1.165) is 38.5 Å². The molecule has 0 nitrogen and oxygen atoms in total. The first kappa shape index (κ1) is 18.5. The van der Waals surface area contributed by atoms with E-state index in [1.54, 1.807) is 0 Å². The Morgan fingerprint density at radius 3 is 1.68 bits per heavy atom. The molecule has 0 aromatic rings. The van der Waals surface area contributed by atoms with E-state index in [2.05, 4.69) is 19.1 Å². The lowest BCUT2D eigenvalue weighted by Gasteiger charge is -2.05. The van der Waals surface area contributed by atoms with Gasteiger partial charge in [0.1, 0.15) is 0 Å². The summed E-state index contributed by atoms with van der Waals surface area (Å²) in [6, 6.07) is 0. The van der Waals surface area contributed by atoms with Crippen LogP contribution in [0, 0.1) is 6.92 Å². The molecule has 0 spiro atoms. The summed E-state index contributed by atoms with van der Waals surface area (Å²) < 4.78 is 35.6. The van der Waals surface area contributed by atoms with Crippen molar-refractivity contribution in [3.63, 3.8) is 0 Å². The zero-order valence-electron chi connectivity index (χ0n) is 12.0. The fourth-order valence-electron chi connectivity index (χ4n) is 1.97. The van der Waals surface area contributed by atoms with E-state index < -0.39 is 12.6 Å². The molecule has 1 radical (unpaired) electrons. The first-order chi connectivity index (χ1) is 9.06. The van der Waals surface area contributed by atoms with Crippen molar-refractivity contribution in [1.82, 2.24) is 0 Å². The van der Waals surface area contributed by atoms with Crippen molar-refractivity contribution in [2.75, 3.05) is 0 Å². The van der Waals surface area contributed by atoms with Crippen LogP contribution in [-0.4, -0.2) is 6.18 Å². The number of rotatable bonds is 12. The molecule has 0 N–H and O–H groups in total. The van der Waals surface area contributed by atoms with E-state index in [4.69, 9.17) is 0 Å². The van der Waals surface area contributed by atoms with Crippen LogP contribution in [0.5, 0.6) is 0 Å². The van der Waals surface area contributed by atoms with Gasteiger partial charge in [-0.25, -0.2) is 0 Å². The SMILES string of the molecule is [CH2]CCCCC/C=C/CCCCCCCC(F)(F)F. The molecule has 0 fully saturated rings. The highest BCUT2D eigenvalue weighted by Gasteiger charge is 2.25. The van der Waals surface area contributed by atoms with E-state index in [-0.39, 0.29) is 6.42 Å². The molecule has 0 saturated carbocycles. The zero-order valence-corrected chi connectivity index (χ0v) is 12.0. The minimum Gasteiger partial charge on any atom is -0.171 e. The summed E-state index contributed by atoms with van der Waals surface area (Å²) in [5, 5.41) is 0. The van der Waals surface area contributed by atoms with Gasteiger partial charge in [-0.1, -0.05) is 57.6 Å². The minimum absolute atomic E-state index is 0.283. The van der Waals surface area contributed by atoms with Gasteiger partial charge in [0.2, 0.25) is 0 Å². The molecule has 0 aliphatic rings. The number of allylic oxidation sites excluding steroid dienone is 2. The quantitative estimate of drug-likeness (QED) is 0.278. The maximum absolute atomic E-state index is 11.9. The summed E-state index contributed by atoms with van der Waals surface area (Å²) in [5.41, 5.74) is 0.